The van der Waals surface area contributed by atoms with Crippen LogP contribution < -0.4 is 0 Å². The first-order valence-electron chi connectivity index (χ1n) is 3.06. The maximum atomic E-state index is 5.87. The van der Waals surface area contributed by atoms with Crippen LogP contribution in [-0.2, 0) is 4.74 Å². The Balaban J connectivity index is 2.11. The fourth-order valence-electron chi connectivity index (χ4n) is 1.18. The van der Waals surface area contributed by atoms with Gasteiger partial charge in [0.1, 0.15) is 4.33 Å². The average molecular weight is 167 g/mol. The lowest BCUT2D eigenvalue weighted by Gasteiger charge is -2.05. The number of ether oxygens (including phenoxy) is 1. The molecule has 1 aliphatic heterocycles. The monoisotopic (exact) mass is 166 g/mol. The highest BCUT2D eigenvalue weighted by Gasteiger charge is 2.70. The van der Waals surface area contributed by atoms with Gasteiger partial charge in [0, 0.05) is 5.41 Å². The second-order valence-corrected chi connectivity index (χ2v) is 4.60. The van der Waals surface area contributed by atoms with Crippen LogP contribution in [0.15, 0.2) is 0 Å². The topological polar surface area (TPSA) is 12.5 Å². The lowest BCUT2D eigenvalue weighted by Crippen LogP contribution is -2.11. The molecule has 0 bridgehead atoms. The molecule has 0 aromatic rings. The van der Waals surface area contributed by atoms with Crippen molar-refractivity contribution < 1.29 is 4.74 Å². The minimum atomic E-state index is -0.492. The second kappa shape index (κ2) is 1.41. The average Bonchev–Trinajstić information content (AvgIpc) is 2.45. The first-order valence-corrected chi connectivity index (χ1v) is 3.81. The molecule has 0 amide bonds. The van der Waals surface area contributed by atoms with Gasteiger partial charge in [0.25, 0.3) is 0 Å². The summed E-state index contributed by atoms with van der Waals surface area (Å²) in [4.78, 5) is 0. The lowest BCUT2D eigenvalue weighted by atomic mass is 10.1. The van der Waals surface area contributed by atoms with Crippen molar-refractivity contribution in [2.45, 2.75) is 23.8 Å². The van der Waals surface area contributed by atoms with Crippen LogP contribution in [0, 0.1) is 5.41 Å². The summed E-state index contributed by atoms with van der Waals surface area (Å²) in [5, 5.41) is 0. The van der Waals surface area contributed by atoms with Gasteiger partial charge in [0.15, 0.2) is 0 Å². The smallest absolute Gasteiger partial charge is 0.127 e. The minimum absolute atomic E-state index is 0.0656. The summed E-state index contributed by atoms with van der Waals surface area (Å²) >= 11 is 11.7. The van der Waals surface area contributed by atoms with Gasteiger partial charge in [-0.25, -0.2) is 0 Å². The number of rotatable bonds is 1. The van der Waals surface area contributed by atoms with Crippen LogP contribution in [0.5, 0.6) is 0 Å². The molecule has 52 valence electrons. The summed E-state index contributed by atoms with van der Waals surface area (Å²) in [5.41, 5.74) is 0.0656. The van der Waals surface area contributed by atoms with Crippen LogP contribution >= 0.6 is 23.2 Å². The maximum Gasteiger partial charge on any atom is 0.127 e. The fraction of sp³-hybridized carbons (Fsp3) is 1.00. The van der Waals surface area contributed by atoms with Crippen LogP contribution in [0.4, 0.5) is 0 Å². The Bertz CT molecular complexity index is 153. The predicted molar refractivity (Wildman–Crippen MR) is 36.9 cm³/mol. The van der Waals surface area contributed by atoms with Crippen molar-refractivity contribution in [2.75, 3.05) is 6.61 Å². The Hall–Kier alpha value is 0.540. The SMILES string of the molecule is CC1(C2CO2)CC1(Cl)Cl. The molecule has 1 saturated heterocycles. The van der Waals surface area contributed by atoms with Gasteiger partial charge >= 0.3 is 0 Å². The van der Waals surface area contributed by atoms with Crippen molar-refractivity contribution in [1.82, 2.24) is 0 Å². The molecule has 0 N–H and O–H groups in total. The third kappa shape index (κ3) is 0.719. The fourth-order valence-corrected chi connectivity index (χ4v) is 1.98. The Labute approximate surface area is 64.3 Å². The van der Waals surface area contributed by atoms with Crippen molar-refractivity contribution in [2.24, 2.45) is 5.41 Å². The molecular weight excluding hydrogens is 159 g/mol. The molecular formula is C6H8Cl2O. The zero-order chi connectivity index (χ0) is 6.70. The van der Waals surface area contributed by atoms with E-state index in [9.17, 15) is 0 Å². The van der Waals surface area contributed by atoms with Crippen LogP contribution in [0.3, 0.4) is 0 Å². The molecule has 2 fully saturated rings. The van der Waals surface area contributed by atoms with E-state index in [1.54, 1.807) is 0 Å². The van der Waals surface area contributed by atoms with Gasteiger partial charge in [-0.05, 0) is 6.42 Å². The predicted octanol–water partition coefficient (Wildman–Crippen LogP) is 1.97. The van der Waals surface area contributed by atoms with Crippen LogP contribution in [0.25, 0.3) is 0 Å². The molecule has 2 rings (SSSR count). The molecule has 2 unspecified atom stereocenters. The summed E-state index contributed by atoms with van der Waals surface area (Å²) in [6.45, 7) is 2.92. The third-order valence-corrected chi connectivity index (χ3v) is 3.47. The van der Waals surface area contributed by atoms with Crippen molar-refractivity contribution >= 4 is 23.2 Å². The molecule has 0 aromatic heterocycles. The maximum absolute atomic E-state index is 5.87. The van der Waals surface area contributed by atoms with Gasteiger partial charge in [-0.1, -0.05) is 6.92 Å². The van der Waals surface area contributed by atoms with E-state index in [-0.39, 0.29) is 5.41 Å². The van der Waals surface area contributed by atoms with Gasteiger partial charge in [0.2, 0.25) is 0 Å². The highest BCUT2D eigenvalue weighted by molar-refractivity contribution is 6.51. The Morgan fingerprint density at radius 1 is 1.56 bits per heavy atom. The standard InChI is InChI=1S/C6H8Cl2O/c1-5(4-2-9-4)3-6(5,7)8/h4H,2-3H2,1H3. The molecule has 2 atom stereocenters. The third-order valence-electron chi connectivity index (χ3n) is 2.34. The summed E-state index contributed by atoms with van der Waals surface area (Å²) < 4.78 is 4.61. The number of epoxide rings is 1. The van der Waals surface area contributed by atoms with Gasteiger partial charge in [-0.3, -0.25) is 0 Å². The molecule has 0 spiro atoms. The van der Waals surface area contributed by atoms with E-state index in [1.807, 2.05) is 0 Å². The molecule has 0 radical (unpaired) electrons. The van der Waals surface area contributed by atoms with Gasteiger partial charge in [-0.15, -0.1) is 23.2 Å². The Kier molecular flexibility index (Phi) is 0.983. The van der Waals surface area contributed by atoms with Gasteiger partial charge < -0.3 is 4.74 Å². The van der Waals surface area contributed by atoms with Gasteiger partial charge in [0.05, 0.1) is 12.7 Å². The van der Waals surface area contributed by atoms with Crippen molar-refractivity contribution in [3.05, 3.63) is 0 Å². The second-order valence-electron chi connectivity index (χ2n) is 3.12. The molecule has 1 heterocycles. The molecule has 9 heavy (non-hydrogen) atoms. The quantitative estimate of drug-likeness (QED) is 0.429. The van der Waals surface area contributed by atoms with E-state index in [0.717, 1.165) is 13.0 Å². The first kappa shape index (κ1) is 6.26. The lowest BCUT2D eigenvalue weighted by molar-refractivity contribution is 0.327. The Morgan fingerprint density at radius 2 is 2.00 bits per heavy atom. The van der Waals surface area contributed by atoms with E-state index >= 15 is 0 Å². The number of hydrogen-bond acceptors (Lipinski definition) is 1. The van der Waals surface area contributed by atoms with Crippen LogP contribution in [-0.4, -0.2) is 17.0 Å². The zero-order valence-corrected chi connectivity index (χ0v) is 6.67. The normalized spacial score (nSPS) is 53.0. The van der Waals surface area contributed by atoms with Crippen molar-refractivity contribution in [1.29, 1.82) is 0 Å². The van der Waals surface area contributed by atoms with Crippen LogP contribution in [0.2, 0.25) is 0 Å². The molecule has 2 aliphatic rings. The van der Waals surface area contributed by atoms with Crippen LogP contribution in [0.1, 0.15) is 13.3 Å². The molecule has 3 heteroatoms. The highest BCUT2D eigenvalue weighted by Crippen LogP contribution is 2.68. The summed E-state index contributed by atoms with van der Waals surface area (Å²) in [6.07, 6.45) is 1.22. The number of hydrogen-bond donors (Lipinski definition) is 0. The number of halogens is 2. The zero-order valence-electron chi connectivity index (χ0n) is 5.16. The van der Waals surface area contributed by atoms with E-state index in [2.05, 4.69) is 6.92 Å². The summed E-state index contributed by atoms with van der Waals surface area (Å²) in [6, 6.07) is 0. The van der Waals surface area contributed by atoms with Gasteiger partial charge in [-0.2, -0.15) is 0 Å². The van der Waals surface area contributed by atoms with E-state index in [1.165, 1.54) is 0 Å². The molecule has 1 aliphatic carbocycles. The van der Waals surface area contributed by atoms with E-state index < -0.39 is 4.33 Å². The highest BCUT2D eigenvalue weighted by atomic mass is 35.5. The number of alkyl halides is 2. The molecule has 0 aromatic carbocycles. The molecule has 1 nitrogen and oxygen atoms in total. The van der Waals surface area contributed by atoms with Crippen molar-refractivity contribution in [3.63, 3.8) is 0 Å². The Morgan fingerprint density at radius 3 is 2.11 bits per heavy atom. The largest absolute Gasteiger partial charge is 0.372 e. The summed E-state index contributed by atoms with van der Waals surface area (Å²) in [5.74, 6) is 0. The van der Waals surface area contributed by atoms with E-state index in [0.29, 0.717) is 6.10 Å². The summed E-state index contributed by atoms with van der Waals surface area (Å²) in [7, 11) is 0. The minimum Gasteiger partial charge on any atom is -0.372 e. The first-order chi connectivity index (χ1) is 4.06. The van der Waals surface area contributed by atoms with Crippen molar-refractivity contribution in [3.8, 4) is 0 Å². The van der Waals surface area contributed by atoms with E-state index in [4.69, 9.17) is 27.9 Å². The molecule has 1 saturated carbocycles.